The third-order valence-corrected chi connectivity index (χ3v) is 7.23. The highest BCUT2D eigenvalue weighted by atomic mass is 32.2. The van der Waals surface area contributed by atoms with Crippen molar-refractivity contribution < 1.29 is 18.0 Å². The summed E-state index contributed by atoms with van der Waals surface area (Å²) in [5.41, 5.74) is 2.04. The van der Waals surface area contributed by atoms with Crippen LogP contribution in [-0.4, -0.2) is 36.5 Å². The summed E-state index contributed by atoms with van der Waals surface area (Å²) in [6.45, 7) is 0. The number of nitrogens with one attached hydrogen (secondary N) is 2. The molecule has 0 saturated heterocycles. The van der Waals surface area contributed by atoms with Crippen molar-refractivity contribution >= 4 is 64.8 Å². The first-order valence-corrected chi connectivity index (χ1v) is 13.0. The second-order valence-electron chi connectivity index (χ2n) is 7.00. The quantitative estimate of drug-likeness (QED) is 0.413. The molecular formula is C21H18N4O4S3. The second-order valence-corrected chi connectivity index (χ2v) is 10.9. The van der Waals surface area contributed by atoms with E-state index >= 15 is 0 Å². The number of carbonyl (C=O) groups excluding carboxylic acids is 2. The zero-order valence-electron chi connectivity index (χ0n) is 16.9. The van der Waals surface area contributed by atoms with E-state index in [1.54, 1.807) is 17.5 Å². The average Bonchev–Trinajstić information content (AvgIpc) is 3.33. The molecule has 2 N–H and O–H groups in total. The molecule has 0 fully saturated rings. The van der Waals surface area contributed by atoms with Gasteiger partial charge in [-0.3, -0.25) is 9.59 Å². The third-order valence-electron chi connectivity index (χ3n) is 4.38. The number of benzene rings is 2. The summed E-state index contributed by atoms with van der Waals surface area (Å²) in [6, 6.07) is 14.0. The topological polar surface area (TPSA) is 118 Å². The summed E-state index contributed by atoms with van der Waals surface area (Å²) in [5, 5.41) is 7.99. The van der Waals surface area contributed by atoms with Crippen LogP contribution in [0.5, 0.6) is 0 Å². The molecule has 0 aliphatic carbocycles. The van der Waals surface area contributed by atoms with Crippen LogP contribution in [0.25, 0.3) is 10.2 Å². The molecule has 4 aromatic rings. The molecule has 2 aromatic carbocycles. The fourth-order valence-electron chi connectivity index (χ4n) is 2.91. The summed E-state index contributed by atoms with van der Waals surface area (Å²) in [4.78, 5) is 33.4. The van der Waals surface area contributed by atoms with Crippen LogP contribution in [0, 0.1) is 0 Å². The van der Waals surface area contributed by atoms with Crippen molar-refractivity contribution in [1.82, 2.24) is 9.97 Å². The van der Waals surface area contributed by atoms with Crippen molar-refractivity contribution in [3.05, 3.63) is 65.2 Å². The number of hydrogen-bond donors (Lipinski definition) is 2. The number of sulfone groups is 1. The van der Waals surface area contributed by atoms with E-state index in [2.05, 4.69) is 20.6 Å². The van der Waals surface area contributed by atoms with Gasteiger partial charge in [0.2, 0.25) is 11.8 Å². The van der Waals surface area contributed by atoms with Crippen LogP contribution in [0.3, 0.4) is 0 Å². The predicted molar refractivity (Wildman–Crippen MR) is 126 cm³/mol. The molecule has 0 saturated carbocycles. The molecule has 0 spiro atoms. The Morgan fingerprint density at radius 3 is 2.41 bits per heavy atom. The Kier molecular flexibility index (Phi) is 6.31. The van der Waals surface area contributed by atoms with Crippen LogP contribution in [-0.2, 0) is 32.3 Å². The maximum atomic E-state index is 12.4. The van der Waals surface area contributed by atoms with E-state index in [4.69, 9.17) is 0 Å². The molecule has 11 heteroatoms. The van der Waals surface area contributed by atoms with Crippen LogP contribution in [0.15, 0.2) is 58.8 Å². The Balaban J connectivity index is 1.35. The SMILES string of the molecule is CS(=O)(=O)c1ccc2nc(NC(=O)Cc3csc(NC(=O)Cc4ccccc4)n3)sc2c1. The molecule has 2 heterocycles. The van der Waals surface area contributed by atoms with E-state index in [9.17, 15) is 18.0 Å². The molecule has 0 aliphatic heterocycles. The molecule has 4 rings (SSSR count). The maximum absolute atomic E-state index is 12.4. The molecule has 32 heavy (non-hydrogen) atoms. The zero-order valence-corrected chi connectivity index (χ0v) is 19.3. The van der Waals surface area contributed by atoms with Crippen molar-refractivity contribution in [2.24, 2.45) is 0 Å². The number of fused-ring (bicyclic) bond motifs is 1. The van der Waals surface area contributed by atoms with Crippen LogP contribution >= 0.6 is 22.7 Å². The van der Waals surface area contributed by atoms with Gasteiger partial charge < -0.3 is 10.6 Å². The number of nitrogens with zero attached hydrogens (tertiary/aromatic N) is 2. The first-order valence-electron chi connectivity index (χ1n) is 9.45. The lowest BCUT2D eigenvalue weighted by Crippen LogP contribution is -2.15. The van der Waals surface area contributed by atoms with Gasteiger partial charge in [-0.25, -0.2) is 18.4 Å². The van der Waals surface area contributed by atoms with Crippen molar-refractivity contribution in [3.63, 3.8) is 0 Å². The highest BCUT2D eigenvalue weighted by Crippen LogP contribution is 2.28. The van der Waals surface area contributed by atoms with Gasteiger partial charge in [0.15, 0.2) is 20.1 Å². The number of aromatic nitrogens is 2. The van der Waals surface area contributed by atoms with Gasteiger partial charge in [0.25, 0.3) is 0 Å². The molecule has 164 valence electrons. The Hall–Kier alpha value is -3.15. The molecule has 0 radical (unpaired) electrons. The monoisotopic (exact) mass is 486 g/mol. The van der Waals surface area contributed by atoms with Crippen LogP contribution in [0.1, 0.15) is 11.3 Å². The Labute approximate surface area is 192 Å². The van der Waals surface area contributed by atoms with Crippen molar-refractivity contribution in [3.8, 4) is 0 Å². The molecule has 2 aromatic heterocycles. The van der Waals surface area contributed by atoms with Gasteiger partial charge in [0.05, 0.1) is 33.6 Å². The van der Waals surface area contributed by atoms with E-state index in [0.29, 0.717) is 26.2 Å². The molecule has 2 amide bonds. The number of carbonyl (C=O) groups is 2. The number of anilines is 2. The van der Waals surface area contributed by atoms with Crippen LogP contribution in [0.2, 0.25) is 0 Å². The average molecular weight is 487 g/mol. The minimum absolute atomic E-state index is 0.0234. The second kappa shape index (κ2) is 9.15. The van der Waals surface area contributed by atoms with E-state index in [-0.39, 0.29) is 29.6 Å². The van der Waals surface area contributed by atoms with Crippen molar-refractivity contribution in [2.75, 3.05) is 16.9 Å². The number of rotatable bonds is 7. The standard InChI is InChI=1S/C21H18N4O4S3/c1-32(28,29)15-7-8-16-17(11-15)31-21(23-16)25-19(27)10-14-12-30-20(22-14)24-18(26)9-13-5-3-2-4-6-13/h2-8,11-12H,9-10H2,1H3,(H,22,24,26)(H,23,25,27). The number of thiazole rings is 2. The first-order chi connectivity index (χ1) is 15.3. The lowest BCUT2D eigenvalue weighted by Gasteiger charge is -2.02. The summed E-state index contributed by atoms with van der Waals surface area (Å²) in [6.07, 6.45) is 1.41. The van der Waals surface area contributed by atoms with E-state index in [1.807, 2.05) is 30.3 Å². The lowest BCUT2D eigenvalue weighted by atomic mass is 10.1. The van der Waals surface area contributed by atoms with Gasteiger partial charge in [0, 0.05) is 11.6 Å². The number of hydrogen-bond acceptors (Lipinski definition) is 8. The molecule has 0 unspecified atom stereocenters. The Morgan fingerprint density at radius 1 is 0.938 bits per heavy atom. The molecule has 0 bridgehead atoms. The first kappa shape index (κ1) is 22.1. The van der Waals surface area contributed by atoms with E-state index in [0.717, 1.165) is 11.8 Å². The summed E-state index contributed by atoms with van der Waals surface area (Å²) in [5.74, 6) is -0.482. The van der Waals surface area contributed by atoms with E-state index in [1.165, 1.54) is 28.7 Å². The number of amides is 2. The fourth-order valence-corrected chi connectivity index (χ4v) is 5.28. The minimum atomic E-state index is -3.32. The Bertz CT molecular complexity index is 1390. The van der Waals surface area contributed by atoms with Crippen molar-refractivity contribution in [1.29, 1.82) is 0 Å². The van der Waals surface area contributed by atoms with Gasteiger partial charge in [-0.1, -0.05) is 41.7 Å². The van der Waals surface area contributed by atoms with Crippen molar-refractivity contribution in [2.45, 2.75) is 17.7 Å². The van der Waals surface area contributed by atoms with E-state index < -0.39 is 9.84 Å². The summed E-state index contributed by atoms with van der Waals surface area (Å²) >= 11 is 2.45. The highest BCUT2D eigenvalue weighted by molar-refractivity contribution is 7.90. The van der Waals surface area contributed by atoms with Crippen LogP contribution < -0.4 is 10.6 Å². The van der Waals surface area contributed by atoms with Gasteiger partial charge in [0.1, 0.15) is 0 Å². The highest BCUT2D eigenvalue weighted by Gasteiger charge is 2.14. The largest absolute Gasteiger partial charge is 0.302 e. The molecular weight excluding hydrogens is 468 g/mol. The fraction of sp³-hybridized carbons (Fsp3) is 0.143. The molecule has 0 atom stereocenters. The zero-order chi connectivity index (χ0) is 22.7. The van der Waals surface area contributed by atoms with Gasteiger partial charge >= 0.3 is 0 Å². The lowest BCUT2D eigenvalue weighted by molar-refractivity contribution is -0.116. The molecule has 8 nitrogen and oxygen atoms in total. The Morgan fingerprint density at radius 2 is 1.66 bits per heavy atom. The van der Waals surface area contributed by atoms with Gasteiger partial charge in [-0.05, 0) is 23.8 Å². The molecule has 0 aliphatic rings. The predicted octanol–water partition coefficient (Wildman–Crippen LogP) is 3.52. The normalized spacial score (nSPS) is 11.4. The van der Waals surface area contributed by atoms with Gasteiger partial charge in [-0.15, -0.1) is 11.3 Å². The summed E-state index contributed by atoms with van der Waals surface area (Å²) < 4.78 is 24.1. The smallest absolute Gasteiger partial charge is 0.232 e. The third kappa shape index (κ3) is 5.55. The minimum Gasteiger partial charge on any atom is -0.302 e. The summed E-state index contributed by atoms with van der Waals surface area (Å²) in [7, 11) is -3.32. The van der Waals surface area contributed by atoms with Crippen LogP contribution in [0.4, 0.5) is 10.3 Å². The van der Waals surface area contributed by atoms with Gasteiger partial charge in [-0.2, -0.15) is 0 Å². The maximum Gasteiger partial charge on any atom is 0.232 e.